The highest BCUT2D eigenvalue weighted by Crippen LogP contribution is 2.54. The van der Waals surface area contributed by atoms with Crippen LogP contribution >= 0.6 is 11.6 Å². The van der Waals surface area contributed by atoms with Crippen molar-refractivity contribution in [3.8, 4) is 0 Å². The molecule has 4 heterocycles. The summed E-state index contributed by atoms with van der Waals surface area (Å²) in [7, 11) is 0. The van der Waals surface area contributed by atoms with E-state index in [0.29, 0.717) is 22.7 Å². The van der Waals surface area contributed by atoms with E-state index in [1.807, 2.05) is 57.2 Å². The second-order valence-corrected chi connectivity index (χ2v) is 13.8. The highest BCUT2D eigenvalue weighted by atomic mass is 35.5. The number of rotatable bonds is 5. The lowest BCUT2D eigenvalue weighted by Gasteiger charge is -2.40. The van der Waals surface area contributed by atoms with E-state index in [1.54, 1.807) is 48.3 Å². The Morgan fingerprint density at radius 2 is 1.79 bits per heavy atom. The van der Waals surface area contributed by atoms with Gasteiger partial charge in [-0.1, -0.05) is 92.2 Å². The van der Waals surface area contributed by atoms with E-state index in [0.717, 1.165) is 5.56 Å². The summed E-state index contributed by atoms with van der Waals surface area (Å²) in [5, 5.41) is 14.0. The number of hydrogen-bond donors (Lipinski definition) is 2. The van der Waals surface area contributed by atoms with E-state index in [2.05, 4.69) is 5.32 Å². The van der Waals surface area contributed by atoms with Crippen molar-refractivity contribution in [2.45, 2.75) is 76.5 Å². The number of allylic oxidation sites excluding steroid dienone is 1. The topological polar surface area (TPSA) is 125 Å². The first-order valence-electron chi connectivity index (χ1n) is 16.6. The second-order valence-electron chi connectivity index (χ2n) is 13.4. The number of fused-ring (bicyclic) bond motifs is 2. The van der Waals surface area contributed by atoms with Gasteiger partial charge in [-0.2, -0.15) is 0 Å². The largest absolute Gasteiger partial charge is 0.455 e. The van der Waals surface area contributed by atoms with E-state index >= 15 is 0 Å². The molecule has 3 amide bonds. The Kier molecular flexibility index (Phi) is 9.53. The molecule has 2 saturated heterocycles. The number of hydrogen-bond acceptors (Lipinski definition) is 7. The number of nitrogens with zero attached hydrogens (tertiary/aromatic N) is 2. The summed E-state index contributed by atoms with van der Waals surface area (Å²) in [6.45, 7) is 7.15. The Labute approximate surface area is 285 Å². The molecule has 11 heteroatoms. The van der Waals surface area contributed by atoms with Crippen LogP contribution < -0.4 is 10.2 Å². The minimum absolute atomic E-state index is 0.155. The number of cyclic esters (lactones) is 1. The van der Waals surface area contributed by atoms with Gasteiger partial charge < -0.3 is 29.7 Å². The number of ether oxygens (including phenoxy) is 2. The fraction of sp³-hybridized carbons (Fsp3) is 0.459. The zero-order chi connectivity index (χ0) is 34.3. The average Bonchev–Trinajstić information content (AvgIpc) is 3.43. The van der Waals surface area contributed by atoms with Crippen molar-refractivity contribution in [1.82, 2.24) is 10.2 Å². The van der Waals surface area contributed by atoms with Crippen LogP contribution in [0.15, 0.2) is 72.8 Å². The van der Waals surface area contributed by atoms with Crippen molar-refractivity contribution in [2.24, 2.45) is 17.8 Å². The number of amides is 3. The minimum Gasteiger partial charge on any atom is -0.455 e. The Morgan fingerprint density at radius 3 is 2.48 bits per heavy atom. The monoisotopic (exact) mass is 675 g/mol. The summed E-state index contributed by atoms with van der Waals surface area (Å²) in [6, 6.07) is 12.0. The van der Waals surface area contributed by atoms with Gasteiger partial charge in [-0.15, -0.1) is 0 Å². The number of halogens is 1. The van der Waals surface area contributed by atoms with Gasteiger partial charge in [-0.05, 0) is 43.4 Å². The quantitative estimate of drug-likeness (QED) is 0.358. The van der Waals surface area contributed by atoms with Crippen LogP contribution in [0.5, 0.6) is 0 Å². The number of carbonyl (C=O) groups is 4. The Bertz CT molecular complexity index is 1620. The van der Waals surface area contributed by atoms with Gasteiger partial charge >= 0.3 is 5.97 Å². The molecule has 10 nitrogen and oxygen atoms in total. The van der Waals surface area contributed by atoms with Crippen molar-refractivity contribution in [1.29, 1.82) is 0 Å². The summed E-state index contributed by atoms with van der Waals surface area (Å²) in [5.41, 5.74) is 0.428. The standard InChI is InChI=1S/C37H42ClN3O7/c1-21(2)26(20-42)41-33-35(45)40(31-22(3)12-10-15-25(31)38)19-11-18-37(33)30(34(41)44)29-27(48-37)16-8-9-17-28(43)39-23(4)32(47-36(29)46)24-13-6-5-7-14-24/h5-8,10-16,18,21,23,26-27,29-30,32-33,42H,9,17,19-20H2,1-4H3,(H,39,43)/b16-8-/t23-,26-,27-,29+,30+,32+,33-,37+/m0/s1. The molecule has 0 bridgehead atoms. The number of likely N-dealkylation sites (tertiary alicyclic amines) is 1. The third-order valence-electron chi connectivity index (χ3n) is 10.1. The highest BCUT2D eigenvalue weighted by molar-refractivity contribution is 6.34. The number of carbonyl (C=O) groups excluding carboxylic acids is 4. The normalized spacial score (nSPS) is 32.0. The molecule has 2 fully saturated rings. The van der Waals surface area contributed by atoms with Crippen LogP contribution in [0.2, 0.25) is 5.02 Å². The van der Waals surface area contributed by atoms with Gasteiger partial charge in [0.25, 0.3) is 5.91 Å². The van der Waals surface area contributed by atoms with Crippen LogP contribution in [-0.2, 0) is 28.7 Å². The third-order valence-corrected chi connectivity index (χ3v) is 10.4. The van der Waals surface area contributed by atoms with Crippen LogP contribution in [0.3, 0.4) is 0 Å². The number of aliphatic hydroxyl groups is 1. The fourth-order valence-corrected chi connectivity index (χ4v) is 8.11. The van der Waals surface area contributed by atoms with E-state index in [9.17, 15) is 24.3 Å². The van der Waals surface area contributed by atoms with Gasteiger partial charge in [0, 0.05) is 13.0 Å². The number of benzene rings is 2. The molecule has 0 aromatic heterocycles. The molecule has 8 atom stereocenters. The van der Waals surface area contributed by atoms with Crippen LogP contribution in [0.4, 0.5) is 5.69 Å². The molecule has 2 aromatic carbocycles. The van der Waals surface area contributed by atoms with E-state index < -0.39 is 72.2 Å². The van der Waals surface area contributed by atoms with Crippen LogP contribution in [0.1, 0.15) is 50.8 Å². The molecule has 0 unspecified atom stereocenters. The first-order valence-corrected chi connectivity index (χ1v) is 16.9. The van der Waals surface area contributed by atoms with Gasteiger partial charge in [0.15, 0.2) is 0 Å². The lowest BCUT2D eigenvalue weighted by atomic mass is 9.77. The maximum Gasteiger partial charge on any atom is 0.313 e. The summed E-state index contributed by atoms with van der Waals surface area (Å²) in [5.74, 6) is -4.23. The number of anilines is 1. The number of esters is 1. The lowest BCUT2D eigenvalue weighted by Crippen LogP contribution is -2.59. The number of nitrogens with one attached hydrogen (secondary N) is 1. The minimum atomic E-state index is -1.55. The molecule has 1 spiro atoms. The van der Waals surface area contributed by atoms with Crippen molar-refractivity contribution < 1.29 is 33.8 Å². The molecule has 0 radical (unpaired) electrons. The van der Waals surface area contributed by atoms with Gasteiger partial charge in [-0.25, -0.2) is 0 Å². The van der Waals surface area contributed by atoms with E-state index in [1.165, 1.54) is 4.90 Å². The zero-order valence-electron chi connectivity index (χ0n) is 27.5. The van der Waals surface area contributed by atoms with E-state index in [4.69, 9.17) is 21.1 Å². The van der Waals surface area contributed by atoms with Crippen molar-refractivity contribution in [2.75, 3.05) is 18.1 Å². The van der Waals surface area contributed by atoms with Crippen LogP contribution in [0, 0.1) is 24.7 Å². The summed E-state index contributed by atoms with van der Waals surface area (Å²) in [4.78, 5) is 60.0. The lowest BCUT2D eigenvalue weighted by molar-refractivity contribution is -0.162. The number of aryl methyl sites for hydroxylation is 1. The highest BCUT2D eigenvalue weighted by Gasteiger charge is 2.73. The van der Waals surface area contributed by atoms with Gasteiger partial charge in [0.1, 0.15) is 23.7 Å². The predicted molar refractivity (Wildman–Crippen MR) is 180 cm³/mol. The molecular formula is C37H42ClN3O7. The molecule has 254 valence electrons. The van der Waals surface area contributed by atoms with Gasteiger partial charge in [-0.3, -0.25) is 19.2 Å². The SMILES string of the molecule is Cc1cccc(Cl)c1N1CC=C[C@@]23O[C@H]4/C=C\CCC(=O)N[C@@H](C)[C@H](c5ccccc5)OC(=O)[C@H]4[C@@H]2C(=O)N([C@@H](CO)C(C)C)[C@H]3C1=O. The Morgan fingerprint density at radius 1 is 1.04 bits per heavy atom. The van der Waals surface area contributed by atoms with Crippen molar-refractivity contribution in [3.05, 3.63) is 89.0 Å². The zero-order valence-corrected chi connectivity index (χ0v) is 28.3. The van der Waals surface area contributed by atoms with Gasteiger partial charge in [0.2, 0.25) is 11.8 Å². The summed E-state index contributed by atoms with van der Waals surface area (Å²) < 4.78 is 13.1. The van der Waals surface area contributed by atoms with Crippen molar-refractivity contribution in [3.63, 3.8) is 0 Å². The number of para-hydroxylation sites is 1. The second kappa shape index (κ2) is 13.5. The molecule has 2 aromatic rings. The Balaban J connectivity index is 1.49. The molecule has 0 saturated carbocycles. The maximum absolute atomic E-state index is 14.9. The molecule has 48 heavy (non-hydrogen) atoms. The molecule has 2 N–H and O–H groups in total. The summed E-state index contributed by atoms with van der Waals surface area (Å²) in [6.07, 6.45) is 5.81. The predicted octanol–water partition coefficient (Wildman–Crippen LogP) is 4.29. The average molecular weight is 676 g/mol. The molecule has 0 aliphatic carbocycles. The summed E-state index contributed by atoms with van der Waals surface area (Å²) >= 11 is 6.67. The van der Waals surface area contributed by atoms with Crippen LogP contribution in [0.25, 0.3) is 0 Å². The fourth-order valence-electron chi connectivity index (χ4n) is 7.79. The first-order chi connectivity index (χ1) is 23.0. The number of aliphatic hydroxyl groups excluding tert-OH is 1. The molecule has 6 rings (SSSR count). The molecule has 4 aliphatic heterocycles. The third kappa shape index (κ3) is 5.73. The van der Waals surface area contributed by atoms with Gasteiger partial charge in [0.05, 0.1) is 41.4 Å². The molecular weight excluding hydrogens is 634 g/mol. The first kappa shape index (κ1) is 33.9. The maximum atomic E-state index is 14.9. The van der Waals surface area contributed by atoms with Crippen LogP contribution in [-0.4, -0.2) is 76.7 Å². The van der Waals surface area contributed by atoms with E-state index in [-0.39, 0.29) is 24.8 Å². The van der Waals surface area contributed by atoms with Crippen molar-refractivity contribution >= 4 is 41.0 Å². The Hall–Kier alpha value is -3.99. The molecule has 4 aliphatic rings. The smallest absolute Gasteiger partial charge is 0.313 e.